The van der Waals surface area contributed by atoms with Gasteiger partial charge in [0.2, 0.25) is 0 Å². The van der Waals surface area contributed by atoms with E-state index in [0.717, 1.165) is 0 Å². The van der Waals surface area contributed by atoms with Crippen molar-refractivity contribution in [3.8, 4) is 0 Å². The van der Waals surface area contributed by atoms with Gasteiger partial charge in [0.05, 0.1) is 33.1 Å². The van der Waals surface area contributed by atoms with Gasteiger partial charge < -0.3 is 8.80 Å². The third-order valence-corrected chi connectivity index (χ3v) is 9.97. The second kappa shape index (κ2) is 7.94. The fraction of sp³-hybridized carbons (Fsp3) is 0. The maximum Gasteiger partial charge on any atom is 0.0789 e. The topological polar surface area (TPSA) is 8.82 Å². The van der Waals surface area contributed by atoms with E-state index in [1.165, 1.54) is 97.7 Å². The molecule has 3 aromatic heterocycles. The number of hydrogen-bond acceptors (Lipinski definition) is 0. The molecule has 202 valence electrons. The average Bonchev–Trinajstić information content (AvgIpc) is 3.60. The molecule has 8 aromatic carbocycles. The molecular weight excluding hydrogens is 532 g/mol. The van der Waals surface area contributed by atoms with E-state index in [1.807, 2.05) is 0 Å². The predicted molar refractivity (Wildman–Crippen MR) is 188 cm³/mol. The van der Waals surface area contributed by atoms with Crippen LogP contribution in [0, 0.1) is 0 Å². The molecule has 0 N–H and O–H groups in total. The number of para-hydroxylation sites is 3. The van der Waals surface area contributed by atoms with Crippen LogP contribution >= 0.6 is 0 Å². The molecule has 0 bridgehead atoms. The second-order valence-electron chi connectivity index (χ2n) is 12.1. The van der Waals surface area contributed by atoms with Crippen LogP contribution in [0.4, 0.5) is 0 Å². The minimum atomic E-state index is 1.22. The lowest BCUT2D eigenvalue weighted by atomic mass is 9.94. The smallest absolute Gasteiger partial charge is 0.0789 e. The first-order valence-electron chi connectivity index (χ1n) is 15.3. The summed E-state index contributed by atoms with van der Waals surface area (Å²) in [6, 6.07) is 54.0. The fourth-order valence-electron chi connectivity index (χ4n) is 8.32. The van der Waals surface area contributed by atoms with Crippen molar-refractivity contribution in [3.05, 3.63) is 146 Å². The van der Waals surface area contributed by atoms with Gasteiger partial charge in [-0.15, -0.1) is 0 Å². The van der Waals surface area contributed by atoms with Crippen LogP contribution < -0.4 is 0 Å². The van der Waals surface area contributed by atoms with Crippen LogP contribution in [0.5, 0.6) is 0 Å². The highest BCUT2D eigenvalue weighted by Crippen LogP contribution is 2.46. The summed E-state index contributed by atoms with van der Waals surface area (Å²) in [6.07, 6.45) is 0. The molecule has 0 aliphatic rings. The van der Waals surface area contributed by atoms with Gasteiger partial charge in [-0.2, -0.15) is 0 Å². The van der Waals surface area contributed by atoms with Crippen molar-refractivity contribution in [2.45, 2.75) is 0 Å². The molecule has 0 radical (unpaired) electrons. The van der Waals surface area contributed by atoms with Gasteiger partial charge in [-0.25, -0.2) is 0 Å². The Labute approximate surface area is 251 Å². The SMILES string of the molecule is c1ccc2c(c1)cc1c3c2c2ccccc2n3c2c3ccccc3c3ccccc3c2c2cccc3c4ccccc4n1c32. The zero-order valence-corrected chi connectivity index (χ0v) is 23.8. The van der Waals surface area contributed by atoms with E-state index in [4.69, 9.17) is 0 Å². The molecule has 0 saturated carbocycles. The minimum absolute atomic E-state index is 1.22. The van der Waals surface area contributed by atoms with Gasteiger partial charge in [-0.1, -0.05) is 127 Å². The summed E-state index contributed by atoms with van der Waals surface area (Å²) in [6.45, 7) is 0. The number of hydrogen-bond donors (Lipinski definition) is 0. The van der Waals surface area contributed by atoms with Gasteiger partial charge in [0, 0.05) is 37.7 Å². The van der Waals surface area contributed by atoms with Crippen molar-refractivity contribution < 1.29 is 0 Å². The summed E-state index contributed by atoms with van der Waals surface area (Å²) in [5.41, 5.74) is 7.46. The Balaban J connectivity index is 1.70. The van der Waals surface area contributed by atoms with Gasteiger partial charge in [-0.05, 0) is 45.1 Å². The second-order valence-corrected chi connectivity index (χ2v) is 12.1. The fourth-order valence-corrected chi connectivity index (χ4v) is 8.32. The van der Waals surface area contributed by atoms with Crippen molar-refractivity contribution in [3.63, 3.8) is 0 Å². The van der Waals surface area contributed by atoms with Crippen molar-refractivity contribution in [2.24, 2.45) is 0 Å². The Kier molecular flexibility index (Phi) is 4.10. The van der Waals surface area contributed by atoms with Crippen LogP contribution in [0.3, 0.4) is 0 Å². The Morgan fingerprint density at radius 3 is 1.57 bits per heavy atom. The molecule has 11 aromatic rings. The first kappa shape index (κ1) is 22.7. The maximum atomic E-state index is 2.59. The molecule has 0 saturated heterocycles. The number of benzene rings is 8. The van der Waals surface area contributed by atoms with Crippen molar-refractivity contribution in [1.29, 1.82) is 0 Å². The Morgan fingerprint density at radius 2 is 0.773 bits per heavy atom. The predicted octanol–water partition coefficient (Wildman–Crippen LogP) is 11.4. The van der Waals surface area contributed by atoms with E-state index in [0.29, 0.717) is 0 Å². The first-order chi connectivity index (χ1) is 21.9. The molecule has 2 heteroatoms. The van der Waals surface area contributed by atoms with Crippen molar-refractivity contribution >= 4 is 97.7 Å². The number of rotatable bonds is 0. The summed E-state index contributed by atoms with van der Waals surface area (Å²) >= 11 is 0. The van der Waals surface area contributed by atoms with Crippen LogP contribution in [0.1, 0.15) is 0 Å². The zero-order valence-electron chi connectivity index (χ0n) is 23.8. The Morgan fingerprint density at radius 1 is 0.273 bits per heavy atom. The van der Waals surface area contributed by atoms with Crippen LogP contribution in [-0.4, -0.2) is 8.80 Å². The summed E-state index contributed by atoms with van der Waals surface area (Å²) in [4.78, 5) is 0. The molecule has 0 spiro atoms. The van der Waals surface area contributed by atoms with Gasteiger partial charge in [-0.3, -0.25) is 0 Å². The molecular formula is C42H24N2. The van der Waals surface area contributed by atoms with E-state index in [1.54, 1.807) is 0 Å². The van der Waals surface area contributed by atoms with Gasteiger partial charge in [0.15, 0.2) is 0 Å². The van der Waals surface area contributed by atoms with Crippen LogP contribution in [0.2, 0.25) is 0 Å². The minimum Gasteiger partial charge on any atom is -0.306 e. The molecule has 0 fully saturated rings. The summed E-state index contributed by atoms with van der Waals surface area (Å²) in [5, 5.41) is 15.4. The highest BCUT2D eigenvalue weighted by atomic mass is 15.0. The van der Waals surface area contributed by atoms with Crippen molar-refractivity contribution in [1.82, 2.24) is 8.80 Å². The molecule has 0 atom stereocenters. The van der Waals surface area contributed by atoms with Crippen molar-refractivity contribution in [2.75, 3.05) is 0 Å². The van der Waals surface area contributed by atoms with E-state index < -0.39 is 0 Å². The third-order valence-electron chi connectivity index (χ3n) is 9.97. The van der Waals surface area contributed by atoms with Gasteiger partial charge >= 0.3 is 0 Å². The molecule has 44 heavy (non-hydrogen) atoms. The Bertz CT molecular complexity index is 3050. The zero-order chi connectivity index (χ0) is 28.5. The lowest BCUT2D eigenvalue weighted by Crippen LogP contribution is -1.96. The van der Waals surface area contributed by atoms with E-state index >= 15 is 0 Å². The maximum absolute atomic E-state index is 2.59. The van der Waals surface area contributed by atoms with Crippen LogP contribution in [-0.2, 0) is 0 Å². The molecule has 0 aliphatic carbocycles. The highest BCUT2D eigenvalue weighted by Gasteiger charge is 2.22. The molecule has 0 unspecified atom stereocenters. The first-order valence-corrected chi connectivity index (χ1v) is 15.3. The van der Waals surface area contributed by atoms with E-state index in [9.17, 15) is 0 Å². The van der Waals surface area contributed by atoms with E-state index in [2.05, 4.69) is 154 Å². The lowest BCUT2D eigenvalue weighted by molar-refractivity contribution is 1.31. The van der Waals surface area contributed by atoms with Gasteiger partial charge in [0.25, 0.3) is 0 Å². The highest BCUT2D eigenvalue weighted by molar-refractivity contribution is 6.35. The Hall–Kier alpha value is -5.86. The van der Waals surface area contributed by atoms with Crippen LogP contribution in [0.25, 0.3) is 97.7 Å². The summed E-state index contributed by atoms with van der Waals surface area (Å²) < 4.78 is 5.14. The van der Waals surface area contributed by atoms with Gasteiger partial charge in [0.1, 0.15) is 0 Å². The van der Waals surface area contributed by atoms with Crippen LogP contribution in [0.15, 0.2) is 146 Å². The lowest BCUT2D eigenvalue weighted by Gasteiger charge is -2.16. The number of fused-ring (bicyclic) bond motifs is 17. The third kappa shape index (κ3) is 2.59. The molecule has 2 nitrogen and oxygen atoms in total. The quantitative estimate of drug-likeness (QED) is 0.164. The largest absolute Gasteiger partial charge is 0.306 e. The number of nitrogens with zero attached hydrogens (tertiary/aromatic N) is 2. The normalized spacial score (nSPS) is 12.5. The molecule has 0 aliphatic heterocycles. The summed E-state index contributed by atoms with van der Waals surface area (Å²) in [7, 11) is 0. The summed E-state index contributed by atoms with van der Waals surface area (Å²) in [5.74, 6) is 0. The number of aromatic nitrogens is 2. The standard InChI is InChI=1S/C42H24N2/c1-2-13-26-25(12-1)24-37-42-38(26)33-19-8-10-23-36(33)44(42)41-31-18-6-4-15-28(31)27-14-3-5-17-30(27)39(41)34-21-11-20-32-29-16-7-9-22-35(29)43(37)40(32)34/h1-24H. The molecule has 11 rings (SSSR count). The van der Waals surface area contributed by atoms with E-state index in [-0.39, 0.29) is 0 Å². The molecule has 0 amide bonds. The monoisotopic (exact) mass is 556 g/mol. The molecule has 3 heterocycles. The average molecular weight is 557 g/mol.